The normalized spacial score (nSPS) is 11.2. The average Bonchev–Trinajstić information content (AvgIpc) is 2.54. The van der Waals surface area contributed by atoms with Gasteiger partial charge in [-0.1, -0.05) is 6.92 Å². The molecule has 124 valence electrons. The van der Waals surface area contributed by atoms with Crippen molar-refractivity contribution in [2.24, 2.45) is 0 Å². The first-order valence-electron chi connectivity index (χ1n) is 7.52. The maximum absolute atomic E-state index is 11.9. The molecule has 1 aromatic carbocycles. The van der Waals surface area contributed by atoms with Gasteiger partial charge in [0.1, 0.15) is 11.3 Å². The Kier molecular flexibility index (Phi) is 6.05. The molecule has 0 saturated heterocycles. The number of allylic oxidation sites excluding steroid dienone is 1. The summed E-state index contributed by atoms with van der Waals surface area (Å²) in [6.07, 6.45) is 5.19. The molecule has 6 heteroatoms. The zero-order valence-electron chi connectivity index (χ0n) is 12.9. The van der Waals surface area contributed by atoms with E-state index in [4.69, 9.17) is 19.0 Å². The highest BCUT2D eigenvalue weighted by Gasteiger charge is 2.15. The molecule has 2 aromatic rings. The Morgan fingerprint density at radius 1 is 1.30 bits per heavy atom. The van der Waals surface area contributed by atoms with Crippen molar-refractivity contribution in [3.05, 3.63) is 41.0 Å². The Labute approximate surface area is 133 Å². The van der Waals surface area contributed by atoms with E-state index in [1.807, 2.05) is 6.92 Å². The van der Waals surface area contributed by atoms with Crippen LogP contribution in [-0.2, 0) is 0 Å². The molecule has 2 rings (SSSR count). The van der Waals surface area contributed by atoms with Crippen molar-refractivity contribution in [2.75, 3.05) is 13.2 Å². The Morgan fingerprint density at radius 3 is 2.87 bits per heavy atom. The first-order valence-corrected chi connectivity index (χ1v) is 7.52. The second-order valence-corrected chi connectivity index (χ2v) is 4.90. The molecule has 1 aromatic heterocycles. The lowest BCUT2D eigenvalue weighted by molar-refractivity contribution is 0.253. The van der Waals surface area contributed by atoms with Crippen LogP contribution >= 0.6 is 0 Å². The van der Waals surface area contributed by atoms with Crippen LogP contribution in [0, 0.1) is 0 Å². The Bertz CT molecular complexity index is 732. The number of ether oxygens (including phenoxy) is 2. The number of unbranched alkanes of at least 4 members (excludes halogenated alkanes) is 1. The molecule has 0 spiro atoms. The fraction of sp³-hybridized carbons (Fsp3) is 0.353. The summed E-state index contributed by atoms with van der Waals surface area (Å²) in [7, 11) is 0. The van der Waals surface area contributed by atoms with Gasteiger partial charge in [-0.25, -0.2) is 4.79 Å². The minimum atomic E-state index is -0.756. The van der Waals surface area contributed by atoms with Crippen molar-refractivity contribution in [3.8, 4) is 17.2 Å². The number of hydrogen-bond acceptors (Lipinski definition) is 6. The molecule has 0 unspecified atom stereocenters. The Balaban J connectivity index is 2.25. The zero-order chi connectivity index (χ0) is 16.7. The molecule has 1 heterocycles. The van der Waals surface area contributed by atoms with Crippen molar-refractivity contribution in [1.29, 1.82) is 0 Å². The van der Waals surface area contributed by atoms with Gasteiger partial charge in [0.2, 0.25) is 0 Å². The van der Waals surface area contributed by atoms with Gasteiger partial charge in [-0.2, -0.15) is 0 Å². The van der Waals surface area contributed by atoms with Gasteiger partial charge >= 0.3 is 5.63 Å². The SMILES string of the molecule is CCC=COc1c(O)c2ccc(OCCCCO)cc2oc1=O. The Hall–Kier alpha value is -2.47. The van der Waals surface area contributed by atoms with E-state index in [1.54, 1.807) is 24.3 Å². The minimum Gasteiger partial charge on any atom is -0.504 e. The van der Waals surface area contributed by atoms with Crippen LogP contribution < -0.4 is 15.1 Å². The fourth-order valence-electron chi connectivity index (χ4n) is 1.96. The molecular formula is C17H20O6. The minimum absolute atomic E-state index is 0.124. The Morgan fingerprint density at radius 2 is 2.13 bits per heavy atom. The van der Waals surface area contributed by atoms with Crippen LogP contribution in [0.25, 0.3) is 11.0 Å². The molecule has 0 aliphatic carbocycles. The van der Waals surface area contributed by atoms with E-state index < -0.39 is 5.63 Å². The molecule has 0 atom stereocenters. The van der Waals surface area contributed by atoms with Crippen LogP contribution in [0.4, 0.5) is 0 Å². The standard InChI is InChI=1S/C17H20O6/c1-2-3-9-22-16-15(19)13-7-6-12(21-10-5-4-8-18)11-14(13)23-17(16)20/h3,6-7,9,11,18-19H,2,4-5,8,10H2,1H3. The molecule has 0 radical (unpaired) electrons. The monoisotopic (exact) mass is 320 g/mol. The van der Waals surface area contributed by atoms with Gasteiger partial charge in [-0.05, 0) is 37.5 Å². The molecule has 23 heavy (non-hydrogen) atoms. The van der Waals surface area contributed by atoms with Crippen molar-refractivity contribution < 1.29 is 24.1 Å². The van der Waals surface area contributed by atoms with Crippen molar-refractivity contribution in [3.63, 3.8) is 0 Å². The van der Waals surface area contributed by atoms with E-state index in [0.29, 0.717) is 24.2 Å². The summed E-state index contributed by atoms with van der Waals surface area (Å²) < 4.78 is 15.8. The van der Waals surface area contributed by atoms with Crippen LogP contribution in [-0.4, -0.2) is 23.4 Å². The number of fused-ring (bicyclic) bond motifs is 1. The number of hydrogen-bond donors (Lipinski definition) is 2. The smallest absolute Gasteiger partial charge is 0.383 e. The van der Waals surface area contributed by atoms with Crippen molar-refractivity contribution in [2.45, 2.75) is 26.2 Å². The second-order valence-electron chi connectivity index (χ2n) is 4.90. The zero-order valence-corrected chi connectivity index (χ0v) is 12.9. The number of aliphatic hydroxyl groups excluding tert-OH is 1. The molecular weight excluding hydrogens is 300 g/mol. The fourth-order valence-corrected chi connectivity index (χ4v) is 1.96. The van der Waals surface area contributed by atoms with Crippen LogP contribution in [0.15, 0.2) is 39.7 Å². The largest absolute Gasteiger partial charge is 0.504 e. The summed E-state index contributed by atoms with van der Waals surface area (Å²) in [5.41, 5.74) is -0.535. The second kappa shape index (κ2) is 8.24. The molecule has 0 bridgehead atoms. The highest BCUT2D eigenvalue weighted by atomic mass is 16.5. The average molecular weight is 320 g/mol. The summed E-state index contributed by atoms with van der Waals surface area (Å²) in [6, 6.07) is 4.82. The van der Waals surface area contributed by atoms with Gasteiger partial charge < -0.3 is 24.1 Å². The van der Waals surface area contributed by atoms with Crippen LogP contribution in [0.2, 0.25) is 0 Å². The van der Waals surface area contributed by atoms with E-state index in [0.717, 1.165) is 12.8 Å². The third-order valence-electron chi connectivity index (χ3n) is 3.15. The quantitative estimate of drug-likeness (QED) is 0.441. The third kappa shape index (κ3) is 4.26. The lowest BCUT2D eigenvalue weighted by atomic mass is 10.2. The van der Waals surface area contributed by atoms with E-state index >= 15 is 0 Å². The van der Waals surface area contributed by atoms with Gasteiger partial charge in [0.25, 0.3) is 5.75 Å². The predicted octanol–water partition coefficient (Wildman–Crippen LogP) is 2.95. The summed E-state index contributed by atoms with van der Waals surface area (Å²) in [4.78, 5) is 11.9. The maximum atomic E-state index is 11.9. The van der Waals surface area contributed by atoms with Gasteiger partial charge in [0.15, 0.2) is 5.75 Å². The van der Waals surface area contributed by atoms with Gasteiger partial charge in [-0.3, -0.25) is 0 Å². The highest BCUT2D eigenvalue weighted by molar-refractivity contribution is 5.86. The van der Waals surface area contributed by atoms with Crippen molar-refractivity contribution >= 4 is 11.0 Å². The van der Waals surface area contributed by atoms with Crippen LogP contribution in [0.3, 0.4) is 0 Å². The number of aromatic hydroxyl groups is 1. The van der Waals surface area contributed by atoms with E-state index in [9.17, 15) is 9.90 Å². The molecule has 0 amide bonds. The predicted molar refractivity (Wildman–Crippen MR) is 86.0 cm³/mol. The molecule has 0 saturated carbocycles. The lowest BCUT2D eigenvalue weighted by Crippen LogP contribution is -2.04. The highest BCUT2D eigenvalue weighted by Crippen LogP contribution is 2.33. The molecule has 0 aliphatic heterocycles. The first kappa shape index (κ1) is 16.9. The van der Waals surface area contributed by atoms with Crippen LogP contribution in [0.1, 0.15) is 26.2 Å². The summed E-state index contributed by atoms with van der Waals surface area (Å²) in [5.74, 6) is 0.0279. The number of benzene rings is 1. The van der Waals surface area contributed by atoms with E-state index in [2.05, 4.69) is 0 Å². The lowest BCUT2D eigenvalue weighted by Gasteiger charge is -2.08. The summed E-state index contributed by atoms with van der Waals surface area (Å²) in [5, 5.41) is 19.3. The van der Waals surface area contributed by atoms with E-state index in [1.165, 1.54) is 6.26 Å². The van der Waals surface area contributed by atoms with Gasteiger partial charge in [0, 0.05) is 12.7 Å². The molecule has 6 nitrogen and oxygen atoms in total. The topological polar surface area (TPSA) is 89.1 Å². The molecule has 0 fully saturated rings. The molecule has 2 N–H and O–H groups in total. The number of rotatable bonds is 8. The van der Waals surface area contributed by atoms with Gasteiger partial charge in [-0.15, -0.1) is 0 Å². The van der Waals surface area contributed by atoms with Crippen molar-refractivity contribution in [1.82, 2.24) is 0 Å². The first-order chi connectivity index (χ1) is 11.2. The number of aliphatic hydroxyl groups is 1. The van der Waals surface area contributed by atoms with Gasteiger partial charge in [0.05, 0.1) is 18.3 Å². The third-order valence-corrected chi connectivity index (χ3v) is 3.15. The van der Waals surface area contributed by atoms with Crippen LogP contribution in [0.5, 0.6) is 17.2 Å². The summed E-state index contributed by atoms with van der Waals surface area (Å²) in [6.45, 7) is 2.50. The van der Waals surface area contributed by atoms with E-state index in [-0.39, 0.29) is 23.7 Å². The molecule has 0 aliphatic rings. The summed E-state index contributed by atoms with van der Waals surface area (Å²) >= 11 is 0. The maximum Gasteiger partial charge on any atom is 0.383 e.